The molecule has 0 unspecified atom stereocenters. The summed E-state index contributed by atoms with van der Waals surface area (Å²) in [4.78, 5) is 0. The Morgan fingerprint density at radius 3 is 2.00 bits per heavy atom. The number of hydrogen-bond donors (Lipinski definition) is 0. The van der Waals surface area contributed by atoms with Crippen molar-refractivity contribution in [1.82, 2.24) is 4.57 Å². The molecule has 0 aliphatic carbocycles. The van der Waals surface area contributed by atoms with Gasteiger partial charge in [-0.2, -0.15) is 0 Å². The van der Waals surface area contributed by atoms with E-state index in [1.54, 1.807) is 0 Å². The molecule has 0 N–H and O–H groups in total. The average molecular weight is 460 g/mol. The van der Waals surface area contributed by atoms with E-state index in [-0.39, 0.29) is 0 Å². The highest BCUT2D eigenvalue weighted by molar-refractivity contribution is 6.90. The summed E-state index contributed by atoms with van der Waals surface area (Å²) in [6.07, 6.45) is 7.97. The Kier molecular flexibility index (Phi) is 8.88. The number of nitrogens with zero attached hydrogens (tertiary/aromatic N) is 1. The molecule has 0 aliphatic heterocycles. The Hall–Kier alpha value is -1.98. The number of aryl methyl sites for hydroxylation is 1. The van der Waals surface area contributed by atoms with E-state index in [0.717, 1.165) is 6.54 Å². The molecule has 0 saturated heterocycles. The first-order valence-corrected chi connectivity index (χ1v) is 15.6. The molecule has 3 rings (SSSR count). The van der Waals surface area contributed by atoms with E-state index in [4.69, 9.17) is 0 Å². The van der Waals surface area contributed by atoms with Crippen LogP contribution in [0.15, 0.2) is 42.5 Å². The van der Waals surface area contributed by atoms with Crippen LogP contribution in [0.1, 0.15) is 92.6 Å². The van der Waals surface area contributed by atoms with E-state index in [9.17, 15) is 0 Å². The SMILES string of the molecule is CCCCCCCCn1c2ccccc2c2ccc(C#C[Si](C(C)C)(C(C)C)C(C)C)cc21. The summed E-state index contributed by atoms with van der Waals surface area (Å²) in [5.74, 6) is 3.68. The van der Waals surface area contributed by atoms with Crippen LogP contribution in [0.3, 0.4) is 0 Å². The zero-order valence-electron chi connectivity index (χ0n) is 22.2. The zero-order chi connectivity index (χ0) is 24.0. The molecular weight excluding hydrogens is 414 g/mol. The highest BCUT2D eigenvalue weighted by Gasteiger charge is 2.41. The fourth-order valence-corrected chi connectivity index (χ4v) is 11.3. The maximum absolute atomic E-state index is 3.92. The molecule has 1 heterocycles. The number of aromatic nitrogens is 1. The summed E-state index contributed by atoms with van der Waals surface area (Å²) >= 11 is 0. The molecule has 0 spiro atoms. The normalized spacial score (nSPS) is 12.3. The van der Waals surface area contributed by atoms with Gasteiger partial charge >= 0.3 is 0 Å². The Balaban J connectivity index is 1.99. The predicted molar refractivity (Wildman–Crippen MR) is 151 cm³/mol. The maximum atomic E-state index is 3.92. The molecule has 0 radical (unpaired) electrons. The van der Waals surface area contributed by atoms with Crippen molar-refractivity contribution in [3.63, 3.8) is 0 Å². The molecule has 1 aromatic heterocycles. The molecule has 33 heavy (non-hydrogen) atoms. The number of para-hydroxylation sites is 1. The molecule has 3 aromatic rings. The zero-order valence-corrected chi connectivity index (χ0v) is 23.2. The molecular formula is C31H45NSi. The van der Waals surface area contributed by atoms with Crippen molar-refractivity contribution >= 4 is 29.9 Å². The van der Waals surface area contributed by atoms with Gasteiger partial charge in [-0.25, -0.2) is 0 Å². The van der Waals surface area contributed by atoms with Crippen LogP contribution >= 0.6 is 0 Å². The minimum Gasteiger partial charge on any atom is -0.340 e. The first-order valence-electron chi connectivity index (χ1n) is 13.4. The van der Waals surface area contributed by atoms with Gasteiger partial charge in [0.05, 0.1) is 5.52 Å². The highest BCUT2D eigenvalue weighted by atomic mass is 28.3. The summed E-state index contributed by atoms with van der Waals surface area (Å²) in [5.41, 5.74) is 9.78. The first kappa shape index (κ1) is 25.6. The minimum absolute atomic E-state index is 0.660. The predicted octanol–water partition coefficient (Wildman–Crippen LogP) is 9.72. The van der Waals surface area contributed by atoms with Crippen LogP contribution in [-0.2, 0) is 6.54 Å². The van der Waals surface area contributed by atoms with Crippen LogP contribution in [0, 0.1) is 11.5 Å². The van der Waals surface area contributed by atoms with E-state index in [0.29, 0.717) is 16.6 Å². The lowest BCUT2D eigenvalue weighted by atomic mass is 10.1. The molecule has 0 amide bonds. The van der Waals surface area contributed by atoms with Crippen LogP contribution in [0.4, 0.5) is 0 Å². The Morgan fingerprint density at radius 2 is 1.33 bits per heavy atom. The van der Waals surface area contributed by atoms with Gasteiger partial charge in [0.2, 0.25) is 0 Å². The summed E-state index contributed by atoms with van der Waals surface area (Å²) in [5, 5.41) is 2.73. The first-order chi connectivity index (χ1) is 15.8. The van der Waals surface area contributed by atoms with Crippen LogP contribution < -0.4 is 0 Å². The minimum atomic E-state index is -1.73. The number of benzene rings is 2. The molecule has 1 nitrogen and oxygen atoms in total. The van der Waals surface area contributed by atoms with Gasteiger partial charge in [-0.3, -0.25) is 0 Å². The van der Waals surface area contributed by atoms with Crippen molar-refractivity contribution in [2.45, 2.75) is 110 Å². The van der Waals surface area contributed by atoms with Gasteiger partial charge in [0.25, 0.3) is 0 Å². The molecule has 0 atom stereocenters. The summed E-state index contributed by atoms with van der Waals surface area (Å²) in [6.45, 7) is 17.7. The van der Waals surface area contributed by atoms with Crippen molar-refractivity contribution in [3.8, 4) is 11.5 Å². The summed E-state index contributed by atoms with van der Waals surface area (Å²) in [7, 11) is -1.73. The Bertz CT molecular complexity index is 1080. The Morgan fingerprint density at radius 1 is 0.727 bits per heavy atom. The number of fused-ring (bicyclic) bond motifs is 3. The molecule has 0 saturated carbocycles. The topological polar surface area (TPSA) is 4.93 Å². The van der Waals surface area contributed by atoms with Crippen LogP contribution in [0.2, 0.25) is 16.6 Å². The van der Waals surface area contributed by atoms with Gasteiger partial charge in [0.15, 0.2) is 0 Å². The lowest BCUT2D eigenvalue weighted by Gasteiger charge is -2.38. The second-order valence-corrected chi connectivity index (χ2v) is 16.4. The van der Waals surface area contributed by atoms with Gasteiger partial charge in [0, 0.05) is 28.4 Å². The van der Waals surface area contributed by atoms with E-state index >= 15 is 0 Å². The van der Waals surface area contributed by atoms with Gasteiger partial charge in [0.1, 0.15) is 8.07 Å². The summed E-state index contributed by atoms with van der Waals surface area (Å²) < 4.78 is 2.55. The number of hydrogen-bond acceptors (Lipinski definition) is 0. The second-order valence-electron chi connectivity index (χ2n) is 10.8. The van der Waals surface area contributed by atoms with Crippen molar-refractivity contribution in [3.05, 3.63) is 48.0 Å². The van der Waals surface area contributed by atoms with Crippen LogP contribution in [0.25, 0.3) is 21.8 Å². The lowest BCUT2D eigenvalue weighted by Crippen LogP contribution is -2.43. The molecule has 0 bridgehead atoms. The molecule has 0 aliphatic rings. The van der Waals surface area contributed by atoms with Crippen molar-refractivity contribution in [2.75, 3.05) is 0 Å². The van der Waals surface area contributed by atoms with Crippen LogP contribution in [0.5, 0.6) is 0 Å². The molecule has 2 aromatic carbocycles. The maximum Gasteiger partial charge on any atom is 0.146 e. The monoisotopic (exact) mass is 459 g/mol. The van der Waals surface area contributed by atoms with Crippen molar-refractivity contribution in [2.24, 2.45) is 0 Å². The third kappa shape index (κ3) is 5.41. The van der Waals surface area contributed by atoms with Gasteiger partial charge in [-0.15, -0.1) is 5.54 Å². The van der Waals surface area contributed by atoms with Crippen molar-refractivity contribution in [1.29, 1.82) is 0 Å². The van der Waals surface area contributed by atoms with Crippen LogP contribution in [-0.4, -0.2) is 12.6 Å². The smallest absolute Gasteiger partial charge is 0.146 e. The van der Waals surface area contributed by atoms with E-state index < -0.39 is 8.07 Å². The summed E-state index contributed by atoms with van der Waals surface area (Å²) in [6, 6.07) is 15.8. The standard InChI is InChI=1S/C31H45NSi/c1-8-9-10-11-12-15-21-32-30-17-14-13-16-28(30)29-19-18-27(23-31(29)32)20-22-33(24(2)3,25(4)5)26(6)7/h13-14,16-19,23-26H,8-12,15,21H2,1-7H3. The van der Waals surface area contributed by atoms with E-state index in [2.05, 4.69) is 107 Å². The second kappa shape index (κ2) is 11.4. The number of unbranched alkanes of at least 4 members (excludes halogenated alkanes) is 5. The van der Waals surface area contributed by atoms with Gasteiger partial charge in [-0.1, -0.05) is 111 Å². The fourth-order valence-electron chi connectivity index (χ4n) is 6.03. The van der Waals surface area contributed by atoms with Crippen molar-refractivity contribution < 1.29 is 0 Å². The average Bonchev–Trinajstić information content (AvgIpc) is 3.09. The van der Waals surface area contributed by atoms with Gasteiger partial charge < -0.3 is 4.57 Å². The van der Waals surface area contributed by atoms with Gasteiger partial charge in [-0.05, 0) is 41.2 Å². The molecule has 0 fully saturated rings. The third-order valence-corrected chi connectivity index (χ3v) is 14.1. The van der Waals surface area contributed by atoms with E-state index in [1.165, 1.54) is 65.9 Å². The largest absolute Gasteiger partial charge is 0.340 e. The third-order valence-electron chi connectivity index (χ3n) is 7.80. The fraction of sp³-hybridized carbons (Fsp3) is 0.548. The Labute approximate surface area is 204 Å². The quantitative estimate of drug-likeness (QED) is 0.161. The van der Waals surface area contributed by atoms with E-state index in [1.807, 2.05) is 0 Å². The lowest BCUT2D eigenvalue weighted by molar-refractivity contribution is 0.571. The molecule has 2 heteroatoms. The number of rotatable bonds is 10. The molecule has 178 valence electrons. The highest BCUT2D eigenvalue weighted by Crippen LogP contribution is 2.41.